The van der Waals surface area contributed by atoms with Crippen LogP contribution >= 0.6 is 0 Å². The van der Waals surface area contributed by atoms with Crippen molar-refractivity contribution in [3.8, 4) is 0 Å². The van der Waals surface area contributed by atoms with Crippen molar-refractivity contribution in [3.05, 3.63) is 103 Å². The minimum atomic E-state index is 0.377. The molecule has 9 nitrogen and oxygen atoms in total. The first kappa shape index (κ1) is 22.1. The molecule has 3 aromatic carbocycles. The van der Waals surface area contributed by atoms with E-state index in [2.05, 4.69) is 48.1 Å². The Morgan fingerprint density at radius 2 is 0.971 bits per heavy atom. The molecule has 35 heavy (non-hydrogen) atoms. The quantitative estimate of drug-likeness (QED) is 0.270. The topological polar surface area (TPSA) is 105 Å². The van der Waals surface area contributed by atoms with Crippen LogP contribution in [0.25, 0.3) is 0 Å². The summed E-state index contributed by atoms with van der Waals surface area (Å²) in [6.07, 6.45) is 1.20. The molecule has 2 aromatic heterocycles. The molecule has 0 spiro atoms. The minimum absolute atomic E-state index is 0.377. The molecule has 5 aromatic rings. The highest BCUT2D eigenvalue weighted by Gasteiger charge is 2.13. The molecule has 9 heteroatoms. The Bertz CT molecular complexity index is 1220. The molecule has 0 saturated heterocycles. The summed E-state index contributed by atoms with van der Waals surface area (Å²) >= 11 is 0. The highest BCUT2D eigenvalue weighted by molar-refractivity contribution is 5.52. The smallest absolute Gasteiger partial charge is 0.320 e. The van der Waals surface area contributed by atoms with Crippen LogP contribution in [-0.4, -0.2) is 33.5 Å². The molecule has 0 radical (unpaired) electrons. The van der Waals surface area contributed by atoms with Gasteiger partial charge in [0, 0.05) is 43.0 Å². The molecule has 0 amide bonds. The fraction of sp³-hybridized carbons (Fsp3) is 0.154. The van der Waals surface area contributed by atoms with Crippen molar-refractivity contribution >= 4 is 29.1 Å². The predicted molar refractivity (Wildman–Crippen MR) is 134 cm³/mol. The Balaban J connectivity index is 1.20. The Labute approximate surface area is 202 Å². The minimum Gasteiger partial charge on any atom is -0.408 e. The van der Waals surface area contributed by atoms with Crippen LogP contribution in [0.4, 0.5) is 29.1 Å². The fourth-order valence-electron chi connectivity index (χ4n) is 3.57. The van der Waals surface area contributed by atoms with Gasteiger partial charge in [0.2, 0.25) is 11.8 Å². The Hall–Kier alpha value is -4.66. The van der Waals surface area contributed by atoms with E-state index < -0.39 is 0 Å². The van der Waals surface area contributed by atoms with Gasteiger partial charge >= 0.3 is 12.0 Å². The monoisotopic (exact) mass is 467 g/mol. The maximum atomic E-state index is 5.79. The van der Waals surface area contributed by atoms with E-state index in [0.29, 0.717) is 49.7 Å². The number of para-hydroxylation sites is 3. The van der Waals surface area contributed by atoms with Gasteiger partial charge in [0.1, 0.15) is 0 Å². The molecule has 0 aliphatic rings. The maximum absolute atomic E-state index is 5.79. The summed E-state index contributed by atoms with van der Waals surface area (Å²) in [4.78, 5) is 2.24. The van der Waals surface area contributed by atoms with Gasteiger partial charge in [-0.2, -0.15) is 0 Å². The SMILES string of the molecule is c1ccc(Nc2nnc(CCN(CCc3nnc(Nc4ccccc4)o3)c3ccccc3)o2)cc1. The third kappa shape index (κ3) is 6.23. The molecule has 5 rings (SSSR count). The van der Waals surface area contributed by atoms with Gasteiger partial charge in [0.15, 0.2) is 0 Å². The highest BCUT2D eigenvalue weighted by atomic mass is 16.4. The molecule has 0 bridgehead atoms. The summed E-state index contributed by atoms with van der Waals surface area (Å²) < 4.78 is 11.6. The van der Waals surface area contributed by atoms with Gasteiger partial charge < -0.3 is 24.4 Å². The molecule has 0 atom stereocenters. The van der Waals surface area contributed by atoms with Crippen molar-refractivity contribution < 1.29 is 8.83 Å². The summed E-state index contributed by atoms with van der Waals surface area (Å²) in [5, 5.41) is 22.8. The van der Waals surface area contributed by atoms with Gasteiger partial charge in [-0.15, -0.1) is 10.2 Å². The molecule has 0 aliphatic heterocycles. The zero-order chi connectivity index (χ0) is 23.7. The molecule has 2 heterocycles. The van der Waals surface area contributed by atoms with Crippen LogP contribution in [0.15, 0.2) is 99.8 Å². The first-order valence-electron chi connectivity index (χ1n) is 11.4. The number of benzene rings is 3. The third-order valence-electron chi connectivity index (χ3n) is 5.30. The number of nitrogens with zero attached hydrogens (tertiary/aromatic N) is 5. The van der Waals surface area contributed by atoms with Gasteiger partial charge in [-0.25, -0.2) is 0 Å². The van der Waals surface area contributed by atoms with E-state index in [0.717, 1.165) is 17.1 Å². The van der Waals surface area contributed by atoms with Crippen LogP contribution in [0.5, 0.6) is 0 Å². The van der Waals surface area contributed by atoms with Crippen LogP contribution in [0.3, 0.4) is 0 Å². The Morgan fingerprint density at radius 1 is 0.543 bits per heavy atom. The van der Waals surface area contributed by atoms with Gasteiger partial charge in [-0.1, -0.05) is 64.8 Å². The van der Waals surface area contributed by atoms with Gasteiger partial charge in [-0.05, 0) is 36.4 Å². The molecular formula is C26H25N7O2. The van der Waals surface area contributed by atoms with Crippen LogP contribution in [0.1, 0.15) is 11.8 Å². The van der Waals surface area contributed by atoms with Crippen molar-refractivity contribution in [2.75, 3.05) is 28.6 Å². The van der Waals surface area contributed by atoms with Crippen molar-refractivity contribution in [1.29, 1.82) is 0 Å². The Morgan fingerprint density at radius 3 is 1.43 bits per heavy atom. The predicted octanol–water partition coefficient (Wildman–Crippen LogP) is 5.23. The summed E-state index contributed by atoms with van der Waals surface area (Å²) in [5.41, 5.74) is 2.89. The summed E-state index contributed by atoms with van der Waals surface area (Å²) in [7, 11) is 0. The van der Waals surface area contributed by atoms with Gasteiger partial charge in [0.05, 0.1) is 0 Å². The average Bonchev–Trinajstić information content (AvgIpc) is 3.55. The second kappa shape index (κ2) is 11.0. The van der Waals surface area contributed by atoms with E-state index in [9.17, 15) is 0 Å². The average molecular weight is 468 g/mol. The van der Waals surface area contributed by atoms with Crippen LogP contribution < -0.4 is 15.5 Å². The normalized spacial score (nSPS) is 10.7. The standard InChI is InChI=1S/C26H25N7O2/c1-4-10-20(11-5-1)27-25-31-29-23(34-25)16-18-33(22-14-8-3-9-15-22)19-17-24-30-32-26(35-24)28-21-12-6-2-7-13-21/h1-15H,16-19H2,(H,27,31)(H,28,32). The molecule has 0 fully saturated rings. The second-order valence-electron chi connectivity index (χ2n) is 7.81. The molecule has 176 valence electrons. The zero-order valence-electron chi connectivity index (χ0n) is 19.0. The van der Waals surface area contributed by atoms with Crippen molar-refractivity contribution in [1.82, 2.24) is 20.4 Å². The first-order valence-corrected chi connectivity index (χ1v) is 11.4. The molecule has 0 saturated carbocycles. The first-order chi connectivity index (χ1) is 17.3. The number of hydrogen-bond acceptors (Lipinski definition) is 9. The fourth-order valence-corrected chi connectivity index (χ4v) is 3.57. The van der Waals surface area contributed by atoms with Gasteiger partial charge in [-0.3, -0.25) is 0 Å². The largest absolute Gasteiger partial charge is 0.408 e. The number of hydrogen-bond donors (Lipinski definition) is 2. The summed E-state index contributed by atoms with van der Waals surface area (Å²) in [5.74, 6) is 1.13. The van der Waals surface area contributed by atoms with E-state index in [1.54, 1.807) is 0 Å². The lowest BCUT2D eigenvalue weighted by molar-refractivity contribution is 0.494. The lowest BCUT2D eigenvalue weighted by atomic mass is 10.2. The van der Waals surface area contributed by atoms with Gasteiger partial charge in [0.25, 0.3) is 0 Å². The van der Waals surface area contributed by atoms with E-state index in [4.69, 9.17) is 8.83 Å². The molecular weight excluding hydrogens is 442 g/mol. The number of anilines is 5. The van der Waals surface area contributed by atoms with Crippen LogP contribution in [0.2, 0.25) is 0 Å². The van der Waals surface area contributed by atoms with Crippen molar-refractivity contribution in [2.45, 2.75) is 12.8 Å². The van der Waals surface area contributed by atoms with E-state index in [-0.39, 0.29) is 0 Å². The van der Waals surface area contributed by atoms with Crippen molar-refractivity contribution in [3.63, 3.8) is 0 Å². The zero-order valence-corrected chi connectivity index (χ0v) is 19.0. The third-order valence-corrected chi connectivity index (χ3v) is 5.30. The summed E-state index contributed by atoms with van der Waals surface area (Å²) in [6.45, 7) is 1.39. The summed E-state index contributed by atoms with van der Waals surface area (Å²) in [6, 6.07) is 30.4. The molecule has 0 unspecified atom stereocenters. The van der Waals surface area contributed by atoms with Crippen LogP contribution in [-0.2, 0) is 12.8 Å². The molecule has 2 N–H and O–H groups in total. The lowest BCUT2D eigenvalue weighted by Gasteiger charge is -2.23. The number of aromatic nitrogens is 4. The number of nitrogens with one attached hydrogen (secondary N) is 2. The second-order valence-corrected chi connectivity index (χ2v) is 7.81. The highest BCUT2D eigenvalue weighted by Crippen LogP contribution is 2.19. The Kier molecular flexibility index (Phi) is 6.94. The van der Waals surface area contributed by atoms with Crippen molar-refractivity contribution in [2.24, 2.45) is 0 Å². The van der Waals surface area contributed by atoms with E-state index in [1.165, 1.54) is 0 Å². The number of rotatable bonds is 11. The maximum Gasteiger partial charge on any atom is 0.320 e. The molecule has 0 aliphatic carbocycles. The van der Waals surface area contributed by atoms with E-state index in [1.807, 2.05) is 78.9 Å². The van der Waals surface area contributed by atoms with E-state index >= 15 is 0 Å². The van der Waals surface area contributed by atoms with Crippen LogP contribution in [0, 0.1) is 0 Å². The lowest BCUT2D eigenvalue weighted by Crippen LogP contribution is -2.28.